The first-order valence-corrected chi connectivity index (χ1v) is 8.89. The molecular weight excluding hydrogens is 322 g/mol. The Morgan fingerprint density at radius 1 is 1.65 bits per heavy atom. The molecule has 0 bridgehead atoms. The summed E-state index contributed by atoms with van der Waals surface area (Å²) >= 11 is 7.33. The maximum Gasteiger partial charge on any atom is 0.262 e. The highest BCUT2D eigenvalue weighted by molar-refractivity contribution is 7.89. The Labute approximate surface area is 126 Å². The van der Waals surface area contributed by atoms with Gasteiger partial charge in [-0.2, -0.15) is 4.31 Å². The van der Waals surface area contributed by atoms with Crippen LogP contribution in [0.4, 0.5) is 0 Å². The predicted molar refractivity (Wildman–Crippen MR) is 76.9 cm³/mol. The number of halogens is 1. The fourth-order valence-corrected chi connectivity index (χ4v) is 4.89. The van der Waals surface area contributed by atoms with E-state index in [0.717, 1.165) is 12.8 Å². The smallest absolute Gasteiger partial charge is 0.262 e. The molecule has 1 aliphatic heterocycles. The molecule has 9 heteroatoms. The van der Waals surface area contributed by atoms with Gasteiger partial charge >= 0.3 is 0 Å². The maximum absolute atomic E-state index is 12.6. The zero-order chi connectivity index (χ0) is 14.3. The fraction of sp³-hybridized carbons (Fsp3) is 0.545. The highest BCUT2D eigenvalue weighted by Crippen LogP contribution is 2.28. The van der Waals surface area contributed by atoms with Crippen molar-refractivity contribution in [2.24, 2.45) is 0 Å². The van der Waals surface area contributed by atoms with Crippen LogP contribution in [0.5, 0.6) is 0 Å². The molecule has 0 amide bonds. The van der Waals surface area contributed by atoms with E-state index in [1.54, 1.807) is 18.6 Å². The minimum atomic E-state index is -3.68. The highest BCUT2D eigenvalue weighted by Gasteiger charge is 2.31. The summed E-state index contributed by atoms with van der Waals surface area (Å²) < 4.78 is 33.6. The first kappa shape index (κ1) is 14.3. The van der Waals surface area contributed by atoms with E-state index in [9.17, 15) is 8.42 Å². The van der Waals surface area contributed by atoms with Crippen molar-refractivity contribution < 1.29 is 13.2 Å². The Balaban J connectivity index is 1.94. The van der Waals surface area contributed by atoms with E-state index in [2.05, 4.69) is 4.98 Å². The molecule has 2 aromatic heterocycles. The van der Waals surface area contributed by atoms with Gasteiger partial charge in [-0.3, -0.25) is 4.40 Å². The molecule has 0 N–H and O–H groups in total. The van der Waals surface area contributed by atoms with Gasteiger partial charge in [0.1, 0.15) is 0 Å². The molecule has 110 valence electrons. The van der Waals surface area contributed by atoms with E-state index >= 15 is 0 Å². The van der Waals surface area contributed by atoms with Crippen LogP contribution in [-0.4, -0.2) is 48.4 Å². The fourth-order valence-electron chi connectivity index (χ4n) is 2.29. The summed E-state index contributed by atoms with van der Waals surface area (Å²) in [6.07, 6.45) is 3.47. The molecule has 0 radical (unpaired) electrons. The molecule has 0 spiro atoms. The van der Waals surface area contributed by atoms with Gasteiger partial charge in [0.2, 0.25) is 0 Å². The molecule has 1 fully saturated rings. The third-order valence-corrected chi connectivity index (χ3v) is 6.30. The normalized spacial score (nSPS) is 20.2. The zero-order valence-corrected chi connectivity index (χ0v) is 13.2. The monoisotopic (exact) mass is 335 g/mol. The number of fused-ring (bicyclic) bond motifs is 1. The molecule has 3 heterocycles. The van der Waals surface area contributed by atoms with Gasteiger partial charge < -0.3 is 4.74 Å². The molecule has 1 aliphatic rings. The topological polar surface area (TPSA) is 63.9 Å². The van der Waals surface area contributed by atoms with Crippen LogP contribution >= 0.6 is 22.9 Å². The van der Waals surface area contributed by atoms with Crippen molar-refractivity contribution in [1.29, 1.82) is 0 Å². The van der Waals surface area contributed by atoms with Crippen LogP contribution < -0.4 is 0 Å². The van der Waals surface area contributed by atoms with Crippen LogP contribution in [0.25, 0.3) is 4.96 Å². The lowest BCUT2D eigenvalue weighted by Crippen LogP contribution is -2.34. The van der Waals surface area contributed by atoms with Crippen molar-refractivity contribution in [1.82, 2.24) is 13.7 Å². The summed E-state index contributed by atoms with van der Waals surface area (Å²) in [6.45, 7) is 1.02. The molecule has 1 unspecified atom stereocenters. The molecule has 20 heavy (non-hydrogen) atoms. The van der Waals surface area contributed by atoms with E-state index in [4.69, 9.17) is 16.3 Å². The van der Waals surface area contributed by atoms with Crippen LogP contribution in [0.1, 0.15) is 12.8 Å². The number of rotatable bonds is 4. The molecule has 0 aromatic carbocycles. The molecule has 3 rings (SSSR count). The predicted octanol–water partition coefficient (Wildman–Crippen LogP) is 1.85. The number of ether oxygens (including phenoxy) is 1. The van der Waals surface area contributed by atoms with Crippen LogP contribution in [0.3, 0.4) is 0 Å². The lowest BCUT2D eigenvalue weighted by molar-refractivity contribution is 0.0978. The van der Waals surface area contributed by atoms with Crippen LogP contribution in [0.2, 0.25) is 5.15 Å². The van der Waals surface area contributed by atoms with Crippen LogP contribution in [0, 0.1) is 0 Å². The Hall–Kier alpha value is -0.670. The number of aromatic nitrogens is 2. The summed E-state index contributed by atoms with van der Waals surface area (Å²) in [7, 11) is -2.14. The van der Waals surface area contributed by atoms with E-state index < -0.39 is 10.0 Å². The van der Waals surface area contributed by atoms with Crippen molar-refractivity contribution in [3.8, 4) is 0 Å². The van der Waals surface area contributed by atoms with Gasteiger partial charge in [-0.05, 0) is 12.8 Å². The molecule has 1 saturated heterocycles. The molecule has 0 aliphatic carbocycles. The van der Waals surface area contributed by atoms with E-state index in [-0.39, 0.29) is 16.3 Å². The first-order valence-electron chi connectivity index (χ1n) is 6.19. The second kappa shape index (κ2) is 5.27. The highest BCUT2D eigenvalue weighted by atomic mass is 35.5. The average molecular weight is 336 g/mol. The number of hydrogen-bond acceptors (Lipinski definition) is 5. The van der Waals surface area contributed by atoms with Gasteiger partial charge in [-0.1, -0.05) is 11.6 Å². The summed E-state index contributed by atoms with van der Waals surface area (Å²) in [5.74, 6) is 0. The number of nitrogens with zero attached hydrogens (tertiary/aromatic N) is 3. The van der Waals surface area contributed by atoms with Gasteiger partial charge in [0.15, 0.2) is 15.1 Å². The number of likely N-dealkylation sites (N-methyl/N-ethyl adjacent to an activating group) is 1. The van der Waals surface area contributed by atoms with Crippen LogP contribution in [-0.2, 0) is 14.8 Å². The van der Waals surface area contributed by atoms with Gasteiger partial charge in [0, 0.05) is 31.8 Å². The summed E-state index contributed by atoms with van der Waals surface area (Å²) in [5, 5.41) is 1.81. The van der Waals surface area contributed by atoms with E-state index in [1.807, 2.05) is 0 Å². The van der Waals surface area contributed by atoms with Gasteiger partial charge in [0.25, 0.3) is 10.0 Å². The molecule has 1 atom stereocenters. The van der Waals surface area contributed by atoms with Crippen molar-refractivity contribution >= 4 is 37.9 Å². The summed E-state index contributed by atoms with van der Waals surface area (Å²) in [4.78, 5) is 4.63. The maximum atomic E-state index is 12.6. The Morgan fingerprint density at radius 3 is 3.15 bits per heavy atom. The van der Waals surface area contributed by atoms with Crippen molar-refractivity contribution in [3.63, 3.8) is 0 Å². The van der Waals surface area contributed by atoms with Gasteiger partial charge in [0.05, 0.1) is 6.10 Å². The van der Waals surface area contributed by atoms with Crippen molar-refractivity contribution in [3.05, 3.63) is 16.7 Å². The number of imidazole rings is 1. The van der Waals surface area contributed by atoms with Gasteiger partial charge in [-0.15, -0.1) is 11.3 Å². The average Bonchev–Trinajstić information content (AvgIpc) is 3.05. The Bertz CT molecular complexity index is 718. The summed E-state index contributed by atoms with van der Waals surface area (Å²) in [5.41, 5.74) is 0. The third kappa shape index (κ3) is 2.35. The second-order valence-electron chi connectivity index (χ2n) is 4.68. The lowest BCUT2D eigenvalue weighted by atomic mass is 10.2. The van der Waals surface area contributed by atoms with Crippen LogP contribution in [0.15, 0.2) is 16.6 Å². The minimum absolute atomic E-state index is 0.0102. The zero-order valence-electron chi connectivity index (χ0n) is 10.8. The number of hydrogen-bond donors (Lipinski definition) is 0. The van der Waals surface area contributed by atoms with E-state index in [1.165, 1.54) is 20.0 Å². The molecular formula is C11H14ClN3O3S2. The first-order chi connectivity index (χ1) is 9.50. The number of sulfonamides is 1. The second-order valence-corrected chi connectivity index (χ2v) is 7.88. The SMILES string of the molecule is CN(CC1CCCO1)S(=O)(=O)c1c(Cl)nc2sccn12. The van der Waals surface area contributed by atoms with Crippen molar-refractivity contribution in [2.75, 3.05) is 20.2 Å². The standard InChI is InChI=1S/C11H14ClN3O3S2/c1-14(7-8-3-2-5-18-8)20(16,17)10-9(12)13-11-15(10)4-6-19-11/h4,6,8H,2-3,5,7H2,1H3. The molecule has 6 nitrogen and oxygen atoms in total. The van der Waals surface area contributed by atoms with Crippen molar-refractivity contribution in [2.45, 2.75) is 24.0 Å². The Kier molecular flexibility index (Phi) is 3.76. The van der Waals surface area contributed by atoms with E-state index in [0.29, 0.717) is 18.1 Å². The largest absolute Gasteiger partial charge is 0.377 e. The lowest BCUT2D eigenvalue weighted by Gasteiger charge is -2.20. The van der Waals surface area contributed by atoms with Gasteiger partial charge in [-0.25, -0.2) is 13.4 Å². The third-order valence-electron chi connectivity index (χ3n) is 3.32. The quantitative estimate of drug-likeness (QED) is 0.855. The number of thiazole rings is 1. The summed E-state index contributed by atoms with van der Waals surface area (Å²) in [6, 6.07) is 0. The minimum Gasteiger partial charge on any atom is -0.377 e. The molecule has 0 saturated carbocycles. The Morgan fingerprint density at radius 2 is 2.45 bits per heavy atom. The molecule has 2 aromatic rings.